The second kappa shape index (κ2) is 5.76. The van der Waals surface area contributed by atoms with Crippen molar-refractivity contribution in [3.8, 4) is 0 Å². The zero-order chi connectivity index (χ0) is 4.99. The Hall–Kier alpha value is -0.240. The molecule has 7 heavy (non-hydrogen) atoms. The number of carbonyl (C=O) groups excluding carboxylic acids is 1. The Labute approximate surface area is 48.9 Å². The van der Waals surface area contributed by atoms with Crippen LogP contribution < -0.4 is 5.11 Å². The van der Waals surface area contributed by atoms with Gasteiger partial charge < -0.3 is 9.90 Å². The third-order valence-electron chi connectivity index (χ3n) is 0.454. The average Bonchev–Trinajstić information content (AvgIpc) is 1.35. The number of aliphatic carboxylic acids is 1. The Balaban J connectivity index is 0. The molecule has 44 valence electrons. The van der Waals surface area contributed by atoms with Crippen LogP contribution in [0.4, 0.5) is 0 Å². The monoisotopic (exact) mass is 124 g/mol. The molecule has 0 amide bonds. The van der Waals surface area contributed by atoms with Crippen molar-refractivity contribution in [1.82, 2.24) is 0 Å². The number of hydrogen-bond donors (Lipinski definition) is 0. The Bertz CT molecular complexity index is 53.7. The normalized spacial score (nSPS) is 7.00. The summed E-state index contributed by atoms with van der Waals surface area (Å²) in [4.78, 5) is 9.49. The highest BCUT2D eigenvalue weighted by molar-refractivity contribution is 5.63. The molecule has 3 heteroatoms. The van der Waals surface area contributed by atoms with Gasteiger partial charge in [0.2, 0.25) is 0 Å². The van der Waals surface area contributed by atoms with Crippen molar-refractivity contribution in [1.29, 1.82) is 0 Å². The van der Waals surface area contributed by atoms with Crippen LogP contribution >= 0.6 is 0 Å². The first-order valence-electron chi connectivity index (χ1n) is 1.97. The van der Waals surface area contributed by atoms with E-state index in [9.17, 15) is 9.90 Å². The van der Waals surface area contributed by atoms with E-state index in [0.29, 0.717) is 6.42 Å². The fourth-order valence-electron chi connectivity index (χ4n) is 0.204. The summed E-state index contributed by atoms with van der Waals surface area (Å²) in [5, 5.41) is 9.49. The minimum Gasteiger partial charge on any atom is -0.550 e. The Kier molecular flexibility index (Phi) is 8.15. The average molecular weight is 125 g/mol. The zero-order valence-corrected chi connectivity index (χ0v) is 5.07. The standard InChI is InChI=1S/C4H8O2.ClH2/c1-2-3-4(5)6;/h2-3H2,1H3,(H,5,6);1H2/q;+1/p-1. The van der Waals surface area contributed by atoms with Gasteiger partial charge in [-0.25, -0.2) is 0 Å². The number of carboxylic acids is 1. The lowest BCUT2D eigenvalue weighted by molar-refractivity contribution is -0.305. The fraction of sp³-hybridized carbons (Fsp3) is 0.750. The number of hydrogen-bond acceptors (Lipinski definition) is 2. The summed E-state index contributed by atoms with van der Waals surface area (Å²) in [6, 6.07) is 0. The maximum atomic E-state index is 9.49. The summed E-state index contributed by atoms with van der Waals surface area (Å²) in [5.41, 5.74) is 0. The molecule has 0 fully saturated rings. The van der Waals surface area contributed by atoms with Crippen molar-refractivity contribution >= 4 is 5.97 Å². The topological polar surface area (TPSA) is 40.1 Å². The molecule has 0 saturated heterocycles. The van der Waals surface area contributed by atoms with Crippen LogP contribution in [0.15, 0.2) is 0 Å². The highest BCUT2D eigenvalue weighted by Gasteiger charge is 1.75. The molecular weight excluding hydrogens is 115 g/mol. The van der Waals surface area contributed by atoms with Crippen LogP contribution in [-0.2, 0) is 4.79 Å². The number of carbonyl (C=O) groups is 1. The van der Waals surface area contributed by atoms with Crippen molar-refractivity contribution in [2.24, 2.45) is 0 Å². The first-order chi connectivity index (χ1) is 2.77. The lowest BCUT2D eigenvalue weighted by Crippen LogP contribution is -2.20. The van der Waals surface area contributed by atoms with Gasteiger partial charge in [0.25, 0.3) is 0 Å². The van der Waals surface area contributed by atoms with E-state index >= 15 is 0 Å². The Morgan fingerprint density at radius 1 is 1.71 bits per heavy atom. The minimum atomic E-state index is -0.961. The van der Waals surface area contributed by atoms with Crippen LogP contribution in [-0.4, -0.2) is 5.97 Å². The van der Waals surface area contributed by atoms with Gasteiger partial charge in [0.15, 0.2) is 0 Å². The van der Waals surface area contributed by atoms with E-state index in [0.717, 1.165) is 0 Å². The van der Waals surface area contributed by atoms with Gasteiger partial charge in [-0.2, -0.15) is 0 Å². The molecule has 0 aliphatic rings. The maximum absolute atomic E-state index is 9.49. The predicted octanol–water partition coefficient (Wildman–Crippen LogP) is -0.999. The molecule has 0 rings (SSSR count). The van der Waals surface area contributed by atoms with Crippen LogP contribution in [0.2, 0.25) is 0 Å². The van der Waals surface area contributed by atoms with Crippen molar-refractivity contribution in [3.63, 3.8) is 0 Å². The zero-order valence-electron chi connectivity index (χ0n) is 4.18. The van der Waals surface area contributed by atoms with E-state index in [1.807, 2.05) is 0 Å². The van der Waals surface area contributed by atoms with Crippen molar-refractivity contribution in [2.45, 2.75) is 19.8 Å². The largest absolute Gasteiger partial charge is 0.550 e. The van der Waals surface area contributed by atoms with E-state index in [1.54, 1.807) is 6.92 Å². The second-order valence-electron chi connectivity index (χ2n) is 1.12. The molecule has 0 spiro atoms. The molecule has 0 aliphatic heterocycles. The summed E-state index contributed by atoms with van der Waals surface area (Å²) in [6.07, 6.45) is 0.850. The highest BCUT2D eigenvalue weighted by Crippen LogP contribution is 1.79. The van der Waals surface area contributed by atoms with Crippen molar-refractivity contribution in [2.75, 3.05) is 0 Å². The third-order valence-corrected chi connectivity index (χ3v) is 0.454. The van der Waals surface area contributed by atoms with E-state index in [1.165, 1.54) is 0 Å². The molecule has 2 nitrogen and oxygen atoms in total. The molecule has 0 aliphatic carbocycles. The molecule has 0 N–H and O–H groups in total. The maximum Gasteiger partial charge on any atom is 0.0903 e. The molecule has 0 bridgehead atoms. The molecule has 0 unspecified atom stereocenters. The number of carboxylic acid groups (broad SMARTS) is 1. The van der Waals surface area contributed by atoms with E-state index in [-0.39, 0.29) is 18.8 Å². The molecule has 0 aromatic carbocycles. The lowest BCUT2D eigenvalue weighted by atomic mass is 10.4. The first-order valence-corrected chi connectivity index (χ1v) is 1.97. The predicted molar refractivity (Wildman–Crippen MR) is 22.7 cm³/mol. The van der Waals surface area contributed by atoms with Gasteiger partial charge in [0, 0.05) is 5.97 Å². The van der Waals surface area contributed by atoms with Crippen LogP contribution in [0.25, 0.3) is 0 Å². The molecule has 0 aromatic heterocycles. The first kappa shape index (κ1) is 9.90. The van der Waals surface area contributed by atoms with Gasteiger partial charge in [0.05, 0.1) is 12.4 Å². The summed E-state index contributed by atoms with van der Waals surface area (Å²) in [6.45, 7) is 1.80. The minimum absolute atomic E-state index is 0. The SMILES string of the molecule is CCCC(=O)[O-].[ClH2+]. The number of rotatable bonds is 2. The Morgan fingerprint density at radius 2 is 2.14 bits per heavy atom. The highest BCUT2D eigenvalue weighted by atomic mass is 35.5. The van der Waals surface area contributed by atoms with Crippen LogP contribution in [0.1, 0.15) is 19.8 Å². The lowest BCUT2D eigenvalue weighted by Gasteiger charge is -1.92. The van der Waals surface area contributed by atoms with Crippen LogP contribution in [0.5, 0.6) is 0 Å². The van der Waals surface area contributed by atoms with E-state index in [2.05, 4.69) is 0 Å². The summed E-state index contributed by atoms with van der Waals surface area (Å²) < 4.78 is 0. The fourth-order valence-corrected chi connectivity index (χ4v) is 0.204. The van der Waals surface area contributed by atoms with Gasteiger partial charge in [0.1, 0.15) is 0 Å². The molecule has 0 atom stereocenters. The molecule has 0 saturated carbocycles. The third kappa shape index (κ3) is 10.7. The summed E-state index contributed by atoms with van der Waals surface area (Å²) >= 11 is 0. The summed E-state index contributed by atoms with van der Waals surface area (Å²) in [7, 11) is 0. The molecule has 0 heterocycles. The molecule has 0 radical (unpaired) electrons. The van der Waals surface area contributed by atoms with Gasteiger partial charge in [-0.1, -0.05) is 13.3 Å². The van der Waals surface area contributed by atoms with E-state index in [4.69, 9.17) is 0 Å². The Morgan fingerprint density at radius 3 is 2.14 bits per heavy atom. The van der Waals surface area contributed by atoms with Gasteiger partial charge in [-0.05, 0) is 6.42 Å². The van der Waals surface area contributed by atoms with Crippen molar-refractivity contribution < 1.29 is 22.3 Å². The second-order valence-corrected chi connectivity index (χ2v) is 1.12. The van der Waals surface area contributed by atoms with Gasteiger partial charge >= 0.3 is 0 Å². The van der Waals surface area contributed by atoms with Crippen LogP contribution in [0, 0.1) is 12.4 Å². The van der Waals surface area contributed by atoms with Crippen LogP contribution in [0.3, 0.4) is 0 Å². The number of halogens is 1. The van der Waals surface area contributed by atoms with Gasteiger partial charge in [-0.3, -0.25) is 0 Å². The molecular formula is C4H9ClO2. The summed E-state index contributed by atoms with van der Waals surface area (Å²) in [5.74, 6) is -0.961. The van der Waals surface area contributed by atoms with E-state index < -0.39 is 5.97 Å². The smallest absolute Gasteiger partial charge is 0.0903 e. The van der Waals surface area contributed by atoms with Gasteiger partial charge in [-0.15, -0.1) is 0 Å². The molecule has 0 aromatic rings. The van der Waals surface area contributed by atoms with Crippen molar-refractivity contribution in [3.05, 3.63) is 0 Å². The quantitative estimate of drug-likeness (QED) is 0.474.